The maximum atomic E-state index is 12.4. The minimum absolute atomic E-state index is 0.224. The van der Waals surface area contributed by atoms with Crippen LogP contribution in [0, 0.1) is 0 Å². The molecule has 2 amide bonds. The van der Waals surface area contributed by atoms with Crippen molar-refractivity contribution in [2.24, 2.45) is 0 Å². The second-order valence-corrected chi connectivity index (χ2v) is 7.55. The number of aromatic nitrogens is 3. The molecule has 0 unspecified atom stereocenters. The number of amides is 2. The van der Waals surface area contributed by atoms with Gasteiger partial charge in [-0.1, -0.05) is 0 Å². The lowest BCUT2D eigenvalue weighted by Gasteiger charge is -2.27. The number of pyridine rings is 1. The lowest BCUT2D eigenvalue weighted by molar-refractivity contribution is 0.0524. The molecular weight excluding hydrogens is 322 g/mol. The molecule has 2 rings (SSSR count). The molecule has 2 heterocycles. The molecule has 0 aliphatic rings. The Balaban J connectivity index is 1.87. The van der Waals surface area contributed by atoms with Gasteiger partial charge in [0, 0.05) is 23.7 Å². The summed E-state index contributed by atoms with van der Waals surface area (Å²) in [7, 11) is 0. The number of alkyl carbamates (subject to hydrolysis) is 1. The van der Waals surface area contributed by atoms with Crippen LogP contribution in [0.15, 0.2) is 18.5 Å². The van der Waals surface area contributed by atoms with E-state index < -0.39 is 17.2 Å². The molecule has 2 aromatic heterocycles. The summed E-state index contributed by atoms with van der Waals surface area (Å²) in [6.07, 6.45) is 3.21. The molecular formula is C17H25N5O3. The molecule has 0 aliphatic heterocycles. The summed E-state index contributed by atoms with van der Waals surface area (Å²) in [5.41, 5.74) is 0.0590. The second kappa shape index (κ2) is 7.08. The minimum Gasteiger partial charge on any atom is -0.444 e. The zero-order chi connectivity index (χ0) is 18.7. The summed E-state index contributed by atoms with van der Waals surface area (Å²) in [5.74, 6) is -0.224. The zero-order valence-electron chi connectivity index (χ0n) is 15.3. The molecule has 0 saturated carbocycles. The summed E-state index contributed by atoms with van der Waals surface area (Å²) < 4.78 is 5.18. The highest BCUT2D eigenvalue weighted by molar-refractivity contribution is 5.97. The lowest BCUT2D eigenvalue weighted by atomic mass is 10.00. The monoisotopic (exact) mass is 347 g/mol. The highest BCUT2D eigenvalue weighted by Crippen LogP contribution is 2.13. The van der Waals surface area contributed by atoms with E-state index in [9.17, 15) is 9.59 Å². The van der Waals surface area contributed by atoms with E-state index >= 15 is 0 Å². The molecule has 0 atom stereocenters. The molecule has 8 nitrogen and oxygen atoms in total. The van der Waals surface area contributed by atoms with Crippen LogP contribution >= 0.6 is 0 Å². The van der Waals surface area contributed by atoms with Gasteiger partial charge < -0.3 is 15.4 Å². The van der Waals surface area contributed by atoms with Crippen LogP contribution in [0.2, 0.25) is 0 Å². The van der Waals surface area contributed by atoms with Gasteiger partial charge in [-0.3, -0.25) is 9.89 Å². The third kappa shape index (κ3) is 5.74. The third-order valence-electron chi connectivity index (χ3n) is 3.42. The van der Waals surface area contributed by atoms with Crippen molar-refractivity contribution in [1.29, 1.82) is 0 Å². The highest BCUT2D eigenvalue weighted by atomic mass is 16.6. The summed E-state index contributed by atoms with van der Waals surface area (Å²) in [6, 6.07) is 1.73. The van der Waals surface area contributed by atoms with Crippen LogP contribution in [-0.4, -0.2) is 44.9 Å². The molecule has 0 bridgehead atoms. The normalized spacial score (nSPS) is 12.0. The molecule has 8 heteroatoms. The molecule has 0 spiro atoms. The number of carbonyl (C=O) groups excluding carboxylic acids is 2. The van der Waals surface area contributed by atoms with Gasteiger partial charge in [0.15, 0.2) is 5.65 Å². The standard InChI is InChI=1S/C17H25N5O3/c1-16(2,3)25-15(24)18-7-6-17(4,5)21-14(23)12-8-11-10-20-22-13(11)19-9-12/h8-10H,6-7H2,1-5H3,(H,18,24)(H,21,23)(H,19,20,22). The molecule has 0 radical (unpaired) electrons. The van der Waals surface area contributed by atoms with Gasteiger partial charge in [-0.2, -0.15) is 5.10 Å². The first-order valence-electron chi connectivity index (χ1n) is 8.14. The van der Waals surface area contributed by atoms with Crippen LogP contribution < -0.4 is 10.6 Å². The molecule has 3 N–H and O–H groups in total. The Morgan fingerprint density at radius 3 is 2.60 bits per heavy atom. The number of nitrogens with zero attached hydrogens (tertiary/aromatic N) is 2. The number of carbonyl (C=O) groups is 2. The summed E-state index contributed by atoms with van der Waals surface area (Å²) in [6.45, 7) is 9.60. The van der Waals surface area contributed by atoms with Crippen molar-refractivity contribution in [3.63, 3.8) is 0 Å². The topological polar surface area (TPSA) is 109 Å². The number of H-pyrrole nitrogens is 1. The second-order valence-electron chi connectivity index (χ2n) is 7.55. The van der Waals surface area contributed by atoms with E-state index in [4.69, 9.17) is 4.74 Å². The van der Waals surface area contributed by atoms with Gasteiger partial charge in [-0.05, 0) is 47.1 Å². The van der Waals surface area contributed by atoms with E-state index in [-0.39, 0.29) is 5.91 Å². The lowest BCUT2D eigenvalue weighted by Crippen LogP contribution is -2.46. The fourth-order valence-corrected chi connectivity index (χ4v) is 2.19. The molecule has 0 saturated heterocycles. The van der Waals surface area contributed by atoms with Gasteiger partial charge >= 0.3 is 6.09 Å². The van der Waals surface area contributed by atoms with Gasteiger partial charge in [-0.25, -0.2) is 9.78 Å². The average molecular weight is 347 g/mol. The number of hydrogen-bond acceptors (Lipinski definition) is 5. The van der Waals surface area contributed by atoms with E-state index in [1.54, 1.807) is 12.3 Å². The van der Waals surface area contributed by atoms with Gasteiger partial charge in [0.2, 0.25) is 0 Å². The largest absolute Gasteiger partial charge is 0.444 e. The van der Waals surface area contributed by atoms with E-state index in [0.29, 0.717) is 24.2 Å². The van der Waals surface area contributed by atoms with Crippen molar-refractivity contribution in [1.82, 2.24) is 25.8 Å². The summed E-state index contributed by atoms with van der Waals surface area (Å²) in [5, 5.41) is 13.0. The van der Waals surface area contributed by atoms with E-state index in [1.165, 1.54) is 6.20 Å². The van der Waals surface area contributed by atoms with Gasteiger partial charge in [0.1, 0.15) is 5.60 Å². The van der Waals surface area contributed by atoms with Gasteiger partial charge in [0.25, 0.3) is 5.91 Å². The van der Waals surface area contributed by atoms with Crippen molar-refractivity contribution < 1.29 is 14.3 Å². The Labute approximate surface area is 146 Å². The molecule has 0 aromatic carbocycles. The number of fused-ring (bicyclic) bond motifs is 1. The minimum atomic E-state index is -0.535. The zero-order valence-corrected chi connectivity index (χ0v) is 15.3. The number of rotatable bonds is 5. The van der Waals surface area contributed by atoms with Crippen molar-refractivity contribution >= 4 is 23.0 Å². The molecule has 25 heavy (non-hydrogen) atoms. The number of nitrogens with one attached hydrogen (secondary N) is 3. The molecule has 136 valence electrons. The Morgan fingerprint density at radius 1 is 1.20 bits per heavy atom. The molecule has 0 fully saturated rings. The van der Waals surface area contributed by atoms with Gasteiger partial charge in [-0.15, -0.1) is 0 Å². The predicted molar refractivity (Wildman–Crippen MR) is 94.3 cm³/mol. The average Bonchev–Trinajstić information content (AvgIpc) is 2.91. The quantitative estimate of drug-likeness (QED) is 0.769. The summed E-state index contributed by atoms with van der Waals surface area (Å²) in [4.78, 5) is 28.2. The molecule has 2 aromatic rings. The first-order valence-corrected chi connectivity index (χ1v) is 8.14. The SMILES string of the molecule is CC(C)(CCNC(=O)OC(C)(C)C)NC(=O)c1cnc2[nH]ncc2c1. The van der Waals surface area contributed by atoms with Crippen LogP contribution in [0.25, 0.3) is 11.0 Å². The highest BCUT2D eigenvalue weighted by Gasteiger charge is 2.22. The Hall–Kier alpha value is -2.64. The maximum absolute atomic E-state index is 12.4. The van der Waals surface area contributed by atoms with Crippen molar-refractivity contribution in [2.45, 2.75) is 52.2 Å². The number of aromatic amines is 1. The molecule has 0 aliphatic carbocycles. The fourth-order valence-electron chi connectivity index (χ4n) is 2.19. The Morgan fingerprint density at radius 2 is 1.92 bits per heavy atom. The van der Waals surface area contributed by atoms with Crippen molar-refractivity contribution in [3.05, 3.63) is 24.0 Å². The maximum Gasteiger partial charge on any atom is 0.407 e. The van der Waals surface area contributed by atoms with E-state index in [2.05, 4.69) is 25.8 Å². The van der Waals surface area contributed by atoms with Crippen LogP contribution in [-0.2, 0) is 4.74 Å². The van der Waals surface area contributed by atoms with E-state index in [0.717, 1.165) is 5.39 Å². The first kappa shape index (κ1) is 18.7. The van der Waals surface area contributed by atoms with Crippen LogP contribution in [0.5, 0.6) is 0 Å². The number of hydrogen-bond donors (Lipinski definition) is 3. The first-order chi connectivity index (χ1) is 11.6. The predicted octanol–water partition coefficient (Wildman–Crippen LogP) is 2.38. The van der Waals surface area contributed by atoms with Gasteiger partial charge in [0.05, 0.1) is 11.8 Å². The summed E-state index contributed by atoms with van der Waals surface area (Å²) >= 11 is 0. The number of ether oxygens (including phenoxy) is 1. The smallest absolute Gasteiger partial charge is 0.407 e. The van der Waals surface area contributed by atoms with Crippen LogP contribution in [0.4, 0.5) is 4.79 Å². The van der Waals surface area contributed by atoms with E-state index in [1.807, 2.05) is 34.6 Å². The van der Waals surface area contributed by atoms with Crippen molar-refractivity contribution in [3.8, 4) is 0 Å². The van der Waals surface area contributed by atoms with Crippen molar-refractivity contribution in [2.75, 3.05) is 6.54 Å². The Bertz CT molecular complexity index is 761. The van der Waals surface area contributed by atoms with Crippen LogP contribution in [0.3, 0.4) is 0 Å². The third-order valence-corrected chi connectivity index (χ3v) is 3.42. The Kier molecular flexibility index (Phi) is 5.30. The van der Waals surface area contributed by atoms with Crippen LogP contribution in [0.1, 0.15) is 51.4 Å². The fraction of sp³-hybridized carbons (Fsp3) is 0.529.